The summed E-state index contributed by atoms with van der Waals surface area (Å²) in [5.74, 6) is 0.447. The first-order chi connectivity index (χ1) is 13.7. The quantitative estimate of drug-likeness (QED) is 0.828. The van der Waals surface area contributed by atoms with Crippen LogP contribution >= 0.6 is 0 Å². The summed E-state index contributed by atoms with van der Waals surface area (Å²) in [6, 6.07) is 7.87. The van der Waals surface area contributed by atoms with Gasteiger partial charge >= 0.3 is 6.03 Å². The summed E-state index contributed by atoms with van der Waals surface area (Å²) >= 11 is 0. The fourth-order valence-corrected chi connectivity index (χ4v) is 4.15. The standard InChI is InChI=1S/C21H28N4O3/c1-15-4-5-18(17-3-2-7-22-20(15)17)24-21(26)23-13-19(16-6-10-28-14-16)25-8-11-27-12-9-25/h2-5,7,16,19H,6,8-14H2,1H3,(H2,23,24,26). The number of aryl methyl sites for hydroxylation is 1. The van der Waals surface area contributed by atoms with Crippen LogP contribution in [0.4, 0.5) is 10.5 Å². The highest BCUT2D eigenvalue weighted by molar-refractivity contribution is 6.01. The zero-order valence-corrected chi connectivity index (χ0v) is 16.3. The molecule has 2 aliphatic rings. The number of anilines is 1. The summed E-state index contributed by atoms with van der Waals surface area (Å²) in [5.41, 5.74) is 2.78. The lowest BCUT2D eigenvalue weighted by molar-refractivity contribution is 0.00222. The maximum atomic E-state index is 12.6. The van der Waals surface area contributed by atoms with E-state index in [1.807, 2.05) is 31.2 Å². The van der Waals surface area contributed by atoms with Crippen LogP contribution in [0.5, 0.6) is 0 Å². The van der Waals surface area contributed by atoms with Crippen LogP contribution in [0.1, 0.15) is 12.0 Å². The molecule has 2 fully saturated rings. The number of urea groups is 1. The molecule has 2 atom stereocenters. The highest BCUT2D eigenvalue weighted by atomic mass is 16.5. The van der Waals surface area contributed by atoms with Crippen LogP contribution in [0.3, 0.4) is 0 Å². The number of hydrogen-bond acceptors (Lipinski definition) is 5. The zero-order chi connectivity index (χ0) is 19.3. The third-order valence-electron chi connectivity index (χ3n) is 5.72. The van der Waals surface area contributed by atoms with Crippen molar-refractivity contribution in [2.24, 2.45) is 5.92 Å². The summed E-state index contributed by atoms with van der Waals surface area (Å²) in [7, 11) is 0. The fraction of sp³-hybridized carbons (Fsp3) is 0.524. The number of morpholine rings is 1. The molecule has 2 N–H and O–H groups in total. The summed E-state index contributed by atoms with van der Waals surface area (Å²) in [4.78, 5) is 19.5. The van der Waals surface area contributed by atoms with Gasteiger partial charge in [0.2, 0.25) is 0 Å². The Morgan fingerprint density at radius 3 is 2.89 bits per heavy atom. The molecule has 2 unspecified atom stereocenters. The Morgan fingerprint density at radius 2 is 2.11 bits per heavy atom. The molecule has 1 aromatic heterocycles. The largest absolute Gasteiger partial charge is 0.381 e. The van der Waals surface area contributed by atoms with Gasteiger partial charge in [-0.15, -0.1) is 0 Å². The predicted molar refractivity (Wildman–Crippen MR) is 109 cm³/mol. The number of rotatable bonds is 5. The van der Waals surface area contributed by atoms with E-state index in [0.29, 0.717) is 12.5 Å². The molecule has 7 nitrogen and oxygen atoms in total. The number of fused-ring (bicyclic) bond motifs is 1. The first-order valence-corrected chi connectivity index (χ1v) is 10.0. The second-order valence-electron chi connectivity index (χ2n) is 7.50. The molecule has 28 heavy (non-hydrogen) atoms. The third-order valence-corrected chi connectivity index (χ3v) is 5.72. The molecule has 0 radical (unpaired) electrons. The normalized spacial score (nSPS) is 21.5. The van der Waals surface area contributed by atoms with E-state index in [1.165, 1.54) is 0 Å². The van der Waals surface area contributed by atoms with Gasteiger partial charge in [0.05, 0.1) is 31.0 Å². The number of benzene rings is 1. The fourth-order valence-electron chi connectivity index (χ4n) is 4.15. The van der Waals surface area contributed by atoms with Crippen molar-refractivity contribution in [3.8, 4) is 0 Å². The molecule has 3 heterocycles. The van der Waals surface area contributed by atoms with Gasteiger partial charge in [-0.3, -0.25) is 9.88 Å². The first kappa shape index (κ1) is 19.1. The maximum absolute atomic E-state index is 12.6. The Kier molecular flexibility index (Phi) is 6.04. The number of hydrogen-bond donors (Lipinski definition) is 2. The maximum Gasteiger partial charge on any atom is 0.319 e. The SMILES string of the molecule is Cc1ccc(NC(=O)NCC(C2CCOC2)N2CCOCC2)c2cccnc12. The highest BCUT2D eigenvalue weighted by Gasteiger charge is 2.31. The molecule has 0 bridgehead atoms. The summed E-state index contributed by atoms with van der Waals surface area (Å²) in [6.45, 7) is 7.49. The molecule has 0 aliphatic carbocycles. The lowest BCUT2D eigenvalue weighted by Crippen LogP contribution is -2.52. The van der Waals surface area contributed by atoms with Gasteiger partial charge < -0.3 is 20.1 Å². The average Bonchev–Trinajstić information content (AvgIpc) is 3.26. The van der Waals surface area contributed by atoms with E-state index in [4.69, 9.17) is 9.47 Å². The number of nitrogens with zero attached hydrogens (tertiary/aromatic N) is 2. The van der Waals surface area contributed by atoms with E-state index in [1.54, 1.807) is 6.20 Å². The zero-order valence-electron chi connectivity index (χ0n) is 16.3. The molecule has 2 aliphatic heterocycles. The minimum Gasteiger partial charge on any atom is -0.381 e. The number of carbonyl (C=O) groups excluding carboxylic acids is 1. The third kappa shape index (κ3) is 4.27. The van der Waals surface area contributed by atoms with Crippen LogP contribution in [0, 0.1) is 12.8 Å². The molecule has 0 saturated carbocycles. The molecule has 2 amide bonds. The van der Waals surface area contributed by atoms with Gasteiger partial charge in [0, 0.05) is 49.8 Å². The number of aromatic nitrogens is 1. The second-order valence-corrected chi connectivity index (χ2v) is 7.50. The van der Waals surface area contributed by atoms with Crippen LogP contribution < -0.4 is 10.6 Å². The molecule has 2 saturated heterocycles. The van der Waals surface area contributed by atoms with Crippen LogP contribution in [-0.2, 0) is 9.47 Å². The van der Waals surface area contributed by atoms with E-state index in [9.17, 15) is 4.79 Å². The van der Waals surface area contributed by atoms with Gasteiger partial charge in [0.25, 0.3) is 0 Å². The Hall–Kier alpha value is -2.22. The topological polar surface area (TPSA) is 75.7 Å². The lowest BCUT2D eigenvalue weighted by Gasteiger charge is -2.37. The number of amides is 2. The van der Waals surface area contributed by atoms with Gasteiger partial charge in [-0.1, -0.05) is 6.07 Å². The Balaban J connectivity index is 1.42. The van der Waals surface area contributed by atoms with Gasteiger partial charge in [-0.2, -0.15) is 0 Å². The molecule has 0 spiro atoms. The smallest absolute Gasteiger partial charge is 0.319 e. The van der Waals surface area contributed by atoms with E-state index < -0.39 is 0 Å². The lowest BCUT2D eigenvalue weighted by atomic mass is 9.97. The molecule has 7 heteroatoms. The van der Waals surface area contributed by atoms with Crippen molar-refractivity contribution in [1.29, 1.82) is 0 Å². The van der Waals surface area contributed by atoms with E-state index in [-0.39, 0.29) is 12.1 Å². The van der Waals surface area contributed by atoms with Gasteiger partial charge in [0.15, 0.2) is 0 Å². The Morgan fingerprint density at radius 1 is 1.25 bits per heavy atom. The van der Waals surface area contributed by atoms with Crippen molar-refractivity contribution in [1.82, 2.24) is 15.2 Å². The molecule has 1 aromatic carbocycles. The summed E-state index contributed by atoms with van der Waals surface area (Å²) < 4.78 is 11.1. The highest BCUT2D eigenvalue weighted by Crippen LogP contribution is 2.25. The summed E-state index contributed by atoms with van der Waals surface area (Å²) in [5, 5.41) is 7.02. The van der Waals surface area contributed by atoms with Gasteiger partial charge in [0.1, 0.15) is 0 Å². The van der Waals surface area contributed by atoms with E-state index >= 15 is 0 Å². The molecular weight excluding hydrogens is 356 g/mol. The Labute approximate surface area is 165 Å². The van der Waals surface area contributed by atoms with Crippen LogP contribution in [0.15, 0.2) is 30.5 Å². The van der Waals surface area contributed by atoms with Crippen molar-refractivity contribution in [2.75, 3.05) is 51.4 Å². The Bertz CT molecular complexity index is 816. The molecule has 4 rings (SSSR count). The number of nitrogens with one attached hydrogen (secondary N) is 2. The van der Waals surface area contributed by atoms with Crippen molar-refractivity contribution < 1.29 is 14.3 Å². The monoisotopic (exact) mass is 384 g/mol. The van der Waals surface area contributed by atoms with Crippen molar-refractivity contribution >= 4 is 22.6 Å². The summed E-state index contributed by atoms with van der Waals surface area (Å²) in [6.07, 6.45) is 2.81. The van der Waals surface area contributed by atoms with Gasteiger partial charge in [-0.05, 0) is 37.1 Å². The van der Waals surface area contributed by atoms with Crippen molar-refractivity contribution in [3.05, 3.63) is 36.0 Å². The van der Waals surface area contributed by atoms with Crippen molar-refractivity contribution in [3.63, 3.8) is 0 Å². The molecule has 150 valence electrons. The minimum atomic E-state index is -0.189. The number of carbonyl (C=O) groups is 1. The number of ether oxygens (including phenoxy) is 2. The predicted octanol–water partition coefficient (Wildman–Crippen LogP) is 2.40. The van der Waals surface area contributed by atoms with Crippen molar-refractivity contribution in [2.45, 2.75) is 19.4 Å². The minimum absolute atomic E-state index is 0.189. The van der Waals surface area contributed by atoms with Crippen LogP contribution in [0.2, 0.25) is 0 Å². The number of pyridine rings is 1. The van der Waals surface area contributed by atoms with E-state index in [0.717, 1.165) is 68.1 Å². The average molecular weight is 384 g/mol. The van der Waals surface area contributed by atoms with E-state index in [2.05, 4.69) is 20.5 Å². The van der Waals surface area contributed by atoms with Crippen LogP contribution in [-0.4, -0.2) is 68.0 Å². The first-order valence-electron chi connectivity index (χ1n) is 10.0. The molecule has 2 aromatic rings. The van der Waals surface area contributed by atoms with Crippen LogP contribution in [0.25, 0.3) is 10.9 Å². The second kappa shape index (κ2) is 8.86. The van der Waals surface area contributed by atoms with Gasteiger partial charge in [-0.25, -0.2) is 4.79 Å². The molecular formula is C21H28N4O3.